The van der Waals surface area contributed by atoms with E-state index >= 15 is 0 Å². The minimum absolute atomic E-state index is 0.274. The van der Waals surface area contributed by atoms with E-state index in [1.807, 2.05) is 21.0 Å². The second-order valence-corrected chi connectivity index (χ2v) is 4.11. The first-order valence-electron chi connectivity index (χ1n) is 3.73. The van der Waals surface area contributed by atoms with Crippen LogP contribution in [0.25, 0.3) is 0 Å². The summed E-state index contributed by atoms with van der Waals surface area (Å²) >= 11 is -1.88. The molecule has 3 nitrogen and oxygen atoms in total. The third-order valence-corrected chi connectivity index (χ3v) is 2.33. The minimum Gasteiger partial charge on any atom is -0.772 e. The predicted octanol–water partition coefficient (Wildman–Crippen LogP) is 0.453. The molecule has 0 saturated carbocycles. The van der Waals surface area contributed by atoms with Gasteiger partial charge in [-0.25, -0.2) is 0 Å². The van der Waals surface area contributed by atoms with Crippen LogP contribution in [-0.4, -0.2) is 40.1 Å². The maximum atomic E-state index is 10.2. The third kappa shape index (κ3) is 7.97. The van der Waals surface area contributed by atoms with Gasteiger partial charge in [0.05, 0.1) is 0 Å². The molecule has 0 aliphatic heterocycles. The van der Waals surface area contributed by atoms with Gasteiger partial charge in [0, 0.05) is 5.75 Å². The smallest absolute Gasteiger partial charge is 0.0128 e. The molecule has 0 aliphatic carbocycles. The van der Waals surface area contributed by atoms with Crippen molar-refractivity contribution in [3.63, 3.8) is 0 Å². The Labute approximate surface area is 71.1 Å². The van der Waals surface area contributed by atoms with Gasteiger partial charge in [-0.1, -0.05) is 18.0 Å². The van der Waals surface area contributed by atoms with E-state index in [-0.39, 0.29) is 11.7 Å². The van der Waals surface area contributed by atoms with Gasteiger partial charge in [-0.2, -0.15) is 0 Å². The zero-order chi connectivity index (χ0) is 8.85. The van der Waals surface area contributed by atoms with Crippen molar-refractivity contribution in [3.05, 3.63) is 0 Å². The number of rotatable bonds is 5. The second-order valence-electron chi connectivity index (χ2n) is 3.17. The van der Waals surface area contributed by atoms with E-state index in [1.165, 1.54) is 0 Å². The Bertz CT molecular complexity index is 128. The quantitative estimate of drug-likeness (QED) is 0.574. The molecule has 0 spiro atoms. The molecule has 0 saturated heterocycles. The maximum absolute atomic E-state index is 10.2. The molecular formula is C7H16NO2S-. The Morgan fingerprint density at radius 1 is 1.55 bits per heavy atom. The van der Waals surface area contributed by atoms with Crippen molar-refractivity contribution >= 4 is 11.1 Å². The van der Waals surface area contributed by atoms with Gasteiger partial charge in [-0.15, -0.1) is 0 Å². The van der Waals surface area contributed by atoms with Crippen molar-refractivity contribution in [1.29, 1.82) is 0 Å². The molecule has 0 radical (unpaired) electrons. The molecule has 0 fully saturated rings. The van der Waals surface area contributed by atoms with E-state index < -0.39 is 11.1 Å². The summed E-state index contributed by atoms with van der Waals surface area (Å²) in [6, 6.07) is 0. The fraction of sp³-hybridized carbons (Fsp3) is 1.00. The van der Waals surface area contributed by atoms with Crippen LogP contribution < -0.4 is 0 Å². The summed E-state index contributed by atoms with van der Waals surface area (Å²) in [5, 5.41) is 0. The minimum atomic E-state index is -1.88. The van der Waals surface area contributed by atoms with E-state index in [4.69, 9.17) is 0 Å². The number of hydrogen-bond donors (Lipinski definition) is 0. The van der Waals surface area contributed by atoms with Crippen LogP contribution in [0.1, 0.15) is 13.3 Å². The molecule has 2 atom stereocenters. The first-order valence-corrected chi connectivity index (χ1v) is 4.97. The zero-order valence-electron chi connectivity index (χ0n) is 7.37. The molecule has 0 rings (SSSR count). The normalized spacial score (nSPS) is 16.8. The maximum Gasteiger partial charge on any atom is 0.0128 e. The highest BCUT2D eigenvalue weighted by molar-refractivity contribution is 7.79. The number of hydrogen-bond acceptors (Lipinski definition) is 3. The molecular weight excluding hydrogens is 162 g/mol. The first-order chi connectivity index (χ1) is 5.02. The van der Waals surface area contributed by atoms with Crippen LogP contribution in [0.3, 0.4) is 0 Å². The SMILES string of the molecule is CC(CCN(C)C)CS(=O)[O-]. The lowest BCUT2D eigenvalue weighted by atomic mass is 10.1. The zero-order valence-corrected chi connectivity index (χ0v) is 8.19. The van der Waals surface area contributed by atoms with E-state index in [2.05, 4.69) is 4.90 Å². The second kappa shape index (κ2) is 5.69. The van der Waals surface area contributed by atoms with Crippen LogP contribution in [0.15, 0.2) is 0 Å². The van der Waals surface area contributed by atoms with Gasteiger partial charge in [-0.05, 0) is 33.0 Å². The van der Waals surface area contributed by atoms with E-state index in [0.29, 0.717) is 0 Å². The summed E-state index contributed by atoms with van der Waals surface area (Å²) in [5.41, 5.74) is 0. The van der Waals surface area contributed by atoms with Crippen molar-refractivity contribution in [2.45, 2.75) is 13.3 Å². The molecule has 0 amide bonds. The molecule has 11 heavy (non-hydrogen) atoms. The van der Waals surface area contributed by atoms with Gasteiger partial charge < -0.3 is 9.45 Å². The molecule has 0 aliphatic rings. The van der Waals surface area contributed by atoms with Crippen molar-refractivity contribution in [3.8, 4) is 0 Å². The Balaban J connectivity index is 3.37. The fourth-order valence-corrected chi connectivity index (χ4v) is 1.43. The summed E-state index contributed by atoms with van der Waals surface area (Å²) in [4.78, 5) is 2.06. The summed E-state index contributed by atoms with van der Waals surface area (Å²) in [7, 11) is 3.97. The summed E-state index contributed by atoms with van der Waals surface area (Å²) < 4.78 is 20.5. The van der Waals surface area contributed by atoms with E-state index in [9.17, 15) is 8.76 Å². The van der Waals surface area contributed by atoms with Crippen LogP contribution in [0, 0.1) is 5.92 Å². The van der Waals surface area contributed by atoms with Crippen LogP contribution in [0.5, 0.6) is 0 Å². The predicted molar refractivity (Wildman–Crippen MR) is 46.1 cm³/mol. The average Bonchev–Trinajstić information content (AvgIpc) is 1.82. The van der Waals surface area contributed by atoms with Crippen molar-refractivity contribution in [2.24, 2.45) is 5.92 Å². The van der Waals surface area contributed by atoms with E-state index in [1.54, 1.807) is 0 Å². The molecule has 0 aromatic heterocycles. The van der Waals surface area contributed by atoms with Crippen molar-refractivity contribution in [2.75, 3.05) is 26.4 Å². The lowest BCUT2D eigenvalue weighted by Gasteiger charge is -2.15. The van der Waals surface area contributed by atoms with Gasteiger partial charge in [0.15, 0.2) is 0 Å². The molecule has 2 unspecified atom stereocenters. The van der Waals surface area contributed by atoms with Crippen LogP contribution in [-0.2, 0) is 11.1 Å². The van der Waals surface area contributed by atoms with Crippen LogP contribution in [0.4, 0.5) is 0 Å². The van der Waals surface area contributed by atoms with Crippen molar-refractivity contribution in [1.82, 2.24) is 4.90 Å². The molecule has 0 aromatic carbocycles. The summed E-state index contributed by atoms with van der Waals surface area (Å²) in [5.74, 6) is 0.559. The highest BCUT2D eigenvalue weighted by atomic mass is 32.2. The Morgan fingerprint density at radius 2 is 2.09 bits per heavy atom. The van der Waals surface area contributed by atoms with Crippen LogP contribution >= 0.6 is 0 Å². The Hall–Kier alpha value is 0.0700. The summed E-state index contributed by atoms with van der Waals surface area (Å²) in [6.07, 6.45) is 0.945. The highest BCUT2D eigenvalue weighted by Crippen LogP contribution is 2.02. The average molecular weight is 178 g/mol. The van der Waals surface area contributed by atoms with E-state index in [0.717, 1.165) is 13.0 Å². The monoisotopic (exact) mass is 178 g/mol. The Kier molecular flexibility index (Phi) is 5.72. The van der Waals surface area contributed by atoms with Gasteiger partial charge in [-0.3, -0.25) is 4.21 Å². The lowest BCUT2D eigenvalue weighted by Crippen LogP contribution is -2.18. The topological polar surface area (TPSA) is 43.4 Å². The Morgan fingerprint density at radius 3 is 2.45 bits per heavy atom. The van der Waals surface area contributed by atoms with Gasteiger partial charge in [0.2, 0.25) is 0 Å². The van der Waals surface area contributed by atoms with Crippen molar-refractivity contribution < 1.29 is 8.76 Å². The first kappa shape index (κ1) is 11.1. The summed E-state index contributed by atoms with van der Waals surface area (Å²) in [6.45, 7) is 2.91. The largest absolute Gasteiger partial charge is 0.772 e. The molecule has 0 heterocycles. The molecule has 0 bridgehead atoms. The van der Waals surface area contributed by atoms with Gasteiger partial charge >= 0.3 is 0 Å². The fourth-order valence-electron chi connectivity index (χ4n) is 0.794. The van der Waals surface area contributed by atoms with Gasteiger partial charge in [0.1, 0.15) is 0 Å². The highest BCUT2D eigenvalue weighted by Gasteiger charge is 2.01. The molecule has 4 heteroatoms. The lowest BCUT2D eigenvalue weighted by molar-refractivity contribution is 0.368. The standard InChI is InChI=1S/C7H17NO2S/c1-7(6-11(9)10)4-5-8(2)3/h7H,4-6H2,1-3H3,(H,9,10)/p-1. The number of nitrogens with zero attached hydrogens (tertiary/aromatic N) is 1. The third-order valence-electron chi connectivity index (χ3n) is 1.49. The van der Waals surface area contributed by atoms with Crippen LogP contribution in [0.2, 0.25) is 0 Å². The van der Waals surface area contributed by atoms with Gasteiger partial charge in [0.25, 0.3) is 0 Å². The molecule has 68 valence electrons. The molecule has 0 N–H and O–H groups in total. The molecule has 0 aromatic rings.